The Balaban J connectivity index is 1.21. The van der Waals surface area contributed by atoms with Gasteiger partial charge in [0.05, 0.1) is 28.1 Å². The number of hydrogen-bond donors (Lipinski definition) is 0. The second-order valence-electron chi connectivity index (χ2n) is 15.6. The van der Waals surface area contributed by atoms with E-state index in [1.54, 1.807) is 0 Å². The Morgan fingerprint density at radius 3 is 1.35 bits per heavy atom. The van der Waals surface area contributed by atoms with Gasteiger partial charge in [-0.05, 0) is 80.2 Å². The van der Waals surface area contributed by atoms with Crippen LogP contribution in [-0.4, -0.2) is 4.57 Å². The number of aromatic nitrogens is 1. The summed E-state index contributed by atoms with van der Waals surface area (Å²) in [5.41, 5.74) is 11.8. The van der Waals surface area contributed by atoms with E-state index in [4.69, 9.17) is 0 Å². The van der Waals surface area contributed by atoms with Crippen LogP contribution in [0.25, 0.3) is 92.8 Å². The first kappa shape index (κ1) is 34.1. The zero-order chi connectivity index (χ0) is 39.6. The smallest absolute Gasteiger partial charge is 0.0621 e. The van der Waals surface area contributed by atoms with E-state index in [2.05, 4.69) is 240 Å². The predicted octanol–water partition coefficient (Wildman–Crippen LogP) is 16.2. The maximum absolute atomic E-state index is 2.54. The molecule has 0 saturated carbocycles. The minimum atomic E-state index is 1.13. The van der Waals surface area contributed by atoms with Crippen LogP contribution in [0.1, 0.15) is 0 Å². The summed E-state index contributed by atoms with van der Waals surface area (Å²) in [6.45, 7) is 0. The molecule has 0 spiro atoms. The van der Waals surface area contributed by atoms with Gasteiger partial charge in [0.2, 0.25) is 0 Å². The van der Waals surface area contributed by atoms with Gasteiger partial charge in [-0.3, -0.25) is 0 Å². The minimum absolute atomic E-state index is 1.13. The van der Waals surface area contributed by atoms with E-state index in [1.165, 1.54) is 87.1 Å². The molecule has 2 heteroatoms. The summed E-state index contributed by atoms with van der Waals surface area (Å²) >= 11 is 0. The van der Waals surface area contributed by atoms with E-state index in [9.17, 15) is 0 Å². The van der Waals surface area contributed by atoms with Crippen LogP contribution >= 0.6 is 0 Å². The van der Waals surface area contributed by atoms with Crippen molar-refractivity contribution in [1.29, 1.82) is 0 Å². The number of benzene rings is 11. The van der Waals surface area contributed by atoms with Gasteiger partial charge in [0.25, 0.3) is 0 Å². The first-order valence-electron chi connectivity index (χ1n) is 20.7. The summed E-state index contributed by atoms with van der Waals surface area (Å²) in [5.74, 6) is 0. The van der Waals surface area contributed by atoms with Gasteiger partial charge in [-0.2, -0.15) is 0 Å². The molecule has 0 atom stereocenters. The Hall–Kier alpha value is -7.94. The van der Waals surface area contributed by atoms with Gasteiger partial charge < -0.3 is 9.47 Å². The molecule has 1 heterocycles. The zero-order valence-electron chi connectivity index (χ0n) is 32.8. The molecular weight excluding hydrogens is 725 g/mol. The molecule has 11 aromatic carbocycles. The summed E-state index contributed by atoms with van der Waals surface area (Å²) in [6, 6.07) is 84.4. The van der Waals surface area contributed by atoms with Gasteiger partial charge in [0, 0.05) is 38.0 Å². The summed E-state index contributed by atoms with van der Waals surface area (Å²) in [4.78, 5) is 2.54. The van der Waals surface area contributed by atoms with Crippen LogP contribution in [0.2, 0.25) is 0 Å². The second-order valence-corrected chi connectivity index (χ2v) is 15.6. The lowest BCUT2D eigenvalue weighted by molar-refractivity contribution is 1.19. The molecule has 0 amide bonds. The summed E-state index contributed by atoms with van der Waals surface area (Å²) in [6.07, 6.45) is 0. The standard InChI is InChI=1S/C58H38N2/c1-3-18-40(19-4-1)44-33-35-55(48-25-11-9-23-46(44)48)60(56-36-34-45(41-20-5-2-6-21-41)47-24-10-12-26-49(47)56)57-38-53-51-28-15-16-30-54(51)59(58(53)52-29-14-13-27-50(52)57)43-32-31-39-17-7-8-22-42(39)37-43/h1-38H. The minimum Gasteiger partial charge on any atom is -0.309 e. The van der Waals surface area contributed by atoms with Crippen molar-refractivity contribution in [3.63, 3.8) is 0 Å². The lowest BCUT2D eigenvalue weighted by atomic mass is 9.94. The van der Waals surface area contributed by atoms with Crippen LogP contribution in [0.5, 0.6) is 0 Å². The molecule has 0 unspecified atom stereocenters. The highest BCUT2D eigenvalue weighted by Gasteiger charge is 2.25. The van der Waals surface area contributed by atoms with Crippen LogP contribution in [0.3, 0.4) is 0 Å². The fourth-order valence-corrected chi connectivity index (χ4v) is 9.66. The van der Waals surface area contributed by atoms with Gasteiger partial charge in [-0.25, -0.2) is 0 Å². The van der Waals surface area contributed by atoms with Gasteiger partial charge >= 0.3 is 0 Å². The molecule has 280 valence electrons. The van der Waals surface area contributed by atoms with E-state index >= 15 is 0 Å². The van der Waals surface area contributed by atoms with E-state index in [0.29, 0.717) is 0 Å². The topological polar surface area (TPSA) is 8.17 Å². The number of para-hydroxylation sites is 1. The Labute approximate surface area is 348 Å². The van der Waals surface area contributed by atoms with Crippen molar-refractivity contribution in [3.8, 4) is 27.9 Å². The maximum atomic E-state index is 2.54. The third kappa shape index (κ3) is 5.35. The Morgan fingerprint density at radius 1 is 0.283 bits per heavy atom. The van der Waals surface area contributed by atoms with E-state index in [1.807, 2.05) is 0 Å². The highest BCUT2D eigenvalue weighted by Crippen LogP contribution is 2.50. The van der Waals surface area contributed by atoms with Crippen molar-refractivity contribution < 1.29 is 0 Å². The number of anilines is 3. The quantitative estimate of drug-likeness (QED) is 0.164. The molecule has 0 aliphatic carbocycles. The van der Waals surface area contributed by atoms with Crippen molar-refractivity contribution in [2.75, 3.05) is 4.90 Å². The first-order valence-corrected chi connectivity index (χ1v) is 20.7. The summed E-state index contributed by atoms with van der Waals surface area (Å²) in [5, 5.41) is 12.1. The first-order chi connectivity index (χ1) is 29.8. The van der Waals surface area contributed by atoms with Crippen molar-refractivity contribution in [1.82, 2.24) is 4.57 Å². The molecule has 12 aromatic rings. The molecule has 0 aliphatic rings. The van der Waals surface area contributed by atoms with E-state index < -0.39 is 0 Å². The molecule has 0 fully saturated rings. The average molecular weight is 763 g/mol. The van der Waals surface area contributed by atoms with Crippen molar-refractivity contribution >= 4 is 82.0 Å². The van der Waals surface area contributed by atoms with Gasteiger partial charge in [0.15, 0.2) is 0 Å². The molecule has 2 nitrogen and oxygen atoms in total. The molecule has 0 radical (unpaired) electrons. The van der Waals surface area contributed by atoms with Crippen LogP contribution in [0, 0.1) is 0 Å². The lowest BCUT2D eigenvalue weighted by Crippen LogP contribution is -2.12. The lowest BCUT2D eigenvalue weighted by Gasteiger charge is -2.30. The number of hydrogen-bond acceptors (Lipinski definition) is 1. The molecular formula is C58H38N2. The SMILES string of the molecule is c1ccc(-c2ccc(N(c3ccc(-c4ccccc4)c4ccccc34)c3cc4c5ccccc5n(-c5ccc6ccccc6c5)c4c4ccccc34)c3ccccc23)cc1. The fraction of sp³-hybridized carbons (Fsp3) is 0. The molecule has 0 saturated heterocycles. The molecule has 60 heavy (non-hydrogen) atoms. The Kier molecular flexibility index (Phi) is 7.89. The molecule has 0 bridgehead atoms. The van der Waals surface area contributed by atoms with Crippen molar-refractivity contribution in [2.45, 2.75) is 0 Å². The average Bonchev–Trinajstić information content (AvgIpc) is 3.66. The van der Waals surface area contributed by atoms with Gasteiger partial charge in [-0.15, -0.1) is 0 Å². The highest BCUT2D eigenvalue weighted by atomic mass is 15.1. The van der Waals surface area contributed by atoms with E-state index in [0.717, 1.165) is 22.7 Å². The summed E-state index contributed by atoms with van der Waals surface area (Å²) < 4.78 is 2.47. The van der Waals surface area contributed by atoms with Crippen LogP contribution in [0.4, 0.5) is 17.1 Å². The normalized spacial score (nSPS) is 11.7. The highest BCUT2D eigenvalue weighted by molar-refractivity contribution is 6.24. The second kappa shape index (κ2) is 13.9. The number of fused-ring (bicyclic) bond motifs is 8. The third-order valence-electron chi connectivity index (χ3n) is 12.3. The molecule has 0 aliphatic heterocycles. The Morgan fingerprint density at radius 2 is 0.750 bits per heavy atom. The maximum Gasteiger partial charge on any atom is 0.0621 e. The van der Waals surface area contributed by atoms with Crippen LogP contribution in [-0.2, 0) is 0 Å². The van der Waals surface area contributed by atoms with Gasteiger partial charge in [-0.1, -0.05) is 194 Å². The fourth-order valence-electron chi connectivity index (χ4n) is 9.66. The number of nitrogens with zero attached hydrogens (tertiary/aromatic N) is 2. The van der Waals surface area contributed by atoms with Crippen molar-refractivity contribution in [2.24, 2.45) is 0 Å². The summed E-state index contributed by atoms with van der Waals surface area (Å²) in [7, 11) is 0. The monoisotopic (exact) mass is 762 g/mol. The Bertz CT molecular complexity index is 3480. The number of rotatable bonds is 6. The third-order valence-corrected chi connectivity index (χ3v) is 12.3. The zero-order valence-corrected chi connectivity index (χ0v) is 32.8. The van der Waals surface area contributed by atoms with Crippen LogP contribution in [0.15, 0.2) is 231 Å². The van der Waals surface area contributed by atoms with Gasteiger partial charge in [0.1, 0.15) is 0 Å². The largest absolute Gasteiger partial charge is 0.309 e. The van der Waals surface area contributed by atoms with Crippen molar-refractivity contribution in [3.05, 3.63) is 231 Å². The van der Waals surface area contributed by atoms with E-state index in [-0.39, 0.29) is 0 Å². The van der Waals surface area contributed by atoms with Crippen LogP contribution < -0.4 is 4.90 Å². The molecule has 1 aromatic heterocycles. The molecule has 12 rings (SSSR count). The predicted molar refractivity (Wildman–Crippen MR) is 256 cm³/mol. The molecule has 0 N–H and O–H groups in total.